The molecule has 0 aliphatic rings. The summed E-state index contributed by atoms with van der Waals surface area (Å²) in [5, 5.41) is 3.43. The van der Waals surface area contributed by atoms with Crippen LogP contribution >= 0.6 is 15.9 Å². The summed E-state index contributed by atoms with van der Waals surface area (Å²) in [5.74, 6) is 0.846. The second-order valence-corrected chi connectivity index (χ2v) is 5.24. The van der Waals surface area contributed by atoms with Crippen LogP contribution in [0.3, 0.4) is 0 Å². The molecule has 1 rings (SSSR count). The largest absolute Gasteiger partial charge is 0.496 e. The zero-order valence-corrected chi connectivity index (χ0v) is 13.1. The molecule has 0 aliphatic carbocycles. The van der Waals surface area contributed by atoms with Crippen molar-refractivity contribution in [2.24, 2.45) is 0 Å². The smallest absolute Gasteiger partial charge is 0.133 e. The summed E-state index contributed by atoms with van der Waals surface area (Å²) in [4.78, 5) is 0. The van der Waals surface area contributed by atoms with Gasteiger partial charge >= 0.3 is 0 Å². The highest BCUT2D eigenvalue weighted by molar-refractivity contribution is 9.10. The van der Waals surface area contributed by atoms with E-state index >= 15 is 0 Å². The second kappa shape index (κ2) is 7.77. The van der Waals surface area contributed by atoms with Crippen molar-refractivity contribution in [3.63, 3.8) is 0 Å². The molecule has 0 aliphatic heterocycles. The van der Waals surface area contributed by atoms with Crippen molar-refractivity contribution in [3.8, 4) is 5.75 Å². The van der Waals surface area contributed by atoms with Crippen molar-refractivity contribution in [1.82, 2.24) is 5.32 Å². The molecule has 0 saturated carbocycles. The maximum atomic E-state index is 5.70. The molecule has 4 heteroatoms. The topological polar surface area (TPSA) is 30.5 Å². The quantitative estimate of drug-likeness (QED) is 0.835. The molecule has 0 aromatic heterocycles. The fraction of sp³-hybridized carbons (Fsp3) is 0.571. The van der Waals surface area contributed by atoms with Crippen molar-refractivity contribution >= 4 is 15.9 Å². The minimum absolute atomic E-state index is 0.208. The molecule has 1 unspecified atom stereocenters. The summed E-state index contributed by atoms with van der Waals surface area (Å²) < 4.78 is 11.9. The number of nitrogens with one attached hydrogen (secondary N) is 1. The first-order chi connectivity index (χ1) is 8.58. The van der Waals surface area contributed by atoms with Crippen LogP contribution in [0.2, 0.25) is 0 Å². The number of methoxy groups -OCH3 is 1. The van der Waals surface area contributed by atoms with E-state index in [1.165, 1.54) is 5.56 Å². The third-order valence-electron chi connectivity index (χ3n) is 2.62. The third-order valence-corrected chi connectivity index (χ3v) is 3.24. The Morgan fingerprint density at radius 2 is 2.06 bits per heavy atom. The highest BCUT2D eigenvalue weighted by Crippen LogP contribution is 2.28. The molecule has 102 valence electrons. The van der Waals surface area contributed by atoms with Crippen LogP contribution in [0.1, 0.15) is 32.4 Å². The molecule has 1 aromatic carbocycles. The highest BCUT2D eigenvalue weighted by Gasteiger charge is 2.13. The predicted octanol–water partition coefficient (Wildman–Crippen LogP) is 3.53. The fourth-order valence-electron chi connectivity index (χ4n) is 1.71. The lowest BCUT2D eigenvalue weighted by molar-refractivity contribution is 0.0614. The lowest BCUT2D eigenvalue weighted by Crippen LogP contribution is -2.26. The van der Waals surface area contributed by atoms with E-state index in [-0.39, 0.29) is 12.1 Å². The van der Waals surface area contributed by atoms with Gasteiger partial charge in [0.1, 0.15) is 5.75 Å². The maximum Gasteiger partial charge on any atom is 0.133 e. The predicted molar refractivity (Wildman–Crippen MR) is 78.2 cm³/mol. The Bertz CT molecular complexity index is 369. The lowest BCUT2D eigenvalue weighted by atomic mass is 10.1. The SMILES string of the molecule is CCNC(COC(C)C)c1ccc(OC)c(Br)c1. The van der Waals surface area contributed by atoms with Gasteiger partial charge in [-0.15, -0.1) is 0 Å². The van der Waals surface area contributed by atoms with Gasteiger partial charge in [-0.05, 0) is 54.0 Å². The van der Waals surface area contributed by atoms with E-state index in [1.54, 1.807) is 7.11 Å². The van der Waals surface area contributed by atoms with Gasteiger partial charge in [0.25, 0.3) is 0 Å². The number of halogens is 1. The summed E-state index contributed by atoms with van der Waals surface area (Å²) in [6, 6.07) is 6.33. The Balaban J connectivity index is 2.81. The van der Waals surface area contributed by atoms with Crippen LogP contribution in [0.25, 0.3) is 0 Å². The Morgan fingerprint density at radius 1 is 1.33 bits per heavy atom. The third kappa shape index (κ3) is 4.59. The number of benzene rings is 1. The van der Waals surface area contributed by atoms with Gasteiger partial charge in [-0.2, -0.15) is 0 Å². The molecular formula is C14H22BrNO2. The van der Waals surface area contributed by atoms with Crippen LogP contribution in [0.5, 0.6) is 5.75 Å². The molecule has 0 heterocycles. The van der Waals surface area contributed by atoms with Gasteiger partial charge in [-0.3, -0.25) is 0 Å². The van der Waals surface area contributed by atoms with Crippen molar-refractivity contribution in [3.05, 3.63) is 28.2 Å². The molecule has 0 fully saturated rings. The van der Waals surface area contributed by atoms with Crippen molar-refractivity contribution < 1.29 is 9.47 Å². The molecule has 0 saturated heterocycles. The zero-order chi connectivity index (χ0) is 13.5. The van der Waals surface area contributed by atoms with Gasteiger partial charge in [0.2, 0.25) is 0 Å². The Hall–Kier alpha value is -0.580. The van der Waals surface area contributed by atoms with Crippen molar-refractivity contribution in [1.29, 1.82) is 0 Å². The number of hydrogen-bond acceptors (Lipinski definition) is 3. The Morgan fingerprint density at radius 3 is 2.56 bits per heavy atom. The van der Waals surface area contributed by atoms with E-state index in [2.05, 4.69) is 40.3 Å². The van der Waals surface area contributed by atoms with Gasteiger partial charge in [0, 0.05) is 0 Å². The number of likely N-dealkylation sites (N-methyl/N-ethyl adjacent to an activating group) is 1. The normalized spacial score (nSPS) is 12.8. The highest BCUT2D eigenvalue weighted by atomic mass is 79.9. The van der Waals surface area contributed by atoms with E-state index in [0.717, 1.165) is 16.8 Å². The maximum absolute atomic E-state index is 5.70. The summed E-state index contributed by atoms with van der Waals surface area (Å²) in [7, 11) is 1.67. The van der Waals surface area contributed by atoms with Crippen molar-refractivity contribution in [2.75, 3.05) is 20.3 Å². The first kappa shape index (κ1) is 15.5. The number of rotatable bonds is 7. The average Bonchev–Trinajstić information content (AvgIpc) is 2.34. The van der Waals surface area contributed by atoms with E-state index in [0.29, 0.717) is 6.61 Å². The molecule has 0 amide bonds. The summed E-state index contributed by atoms with van der Waals surface area (Å²) >= 11 is 3.51. The van der Waals surface area contributed by atoms with Crippen LogP contribution in [-0.4, -0.2) is 26.4 Å². The van der Waals surface area contributed by atoms with Crippen molar-refractivity contribution in [2.45, 2.75) is 32.9 Å². The second-order valence-electron chi connectivity index (χ2n) is 4.39. The lowest BCUT2D eigenvalue weighted by Gasteiger charge is -2.20. The Kier molecular flexibility index (Phi) is 6.68. The summed E-state index contributed by atoms with van der Waals surface area (Å²) in [5.41, 5.74) is 1.20. The van der Waals surface area contributed by atoms with Gasteiger partial charge in [0.05, 0.1) is 30.3 Å². The molecule has 0 spiro atoms. The molecule has 0 radical (unpaired) electrons. The first-order valence-corrected chi connectivity index (χ1v) is 7.06. The standard InChI is InChI=1S/C14H22BrNO2/c1-5-16-13(9-18-10(2)3)11-6-7-14(17-4)12(15)8-11/h6-8,10,13,16H,5,9H2,1-4H3. The fourth-order valence-corrected chi connectivity index (χ4v) is 2.27. The zero-order valence-electron chi connectivity index (χ0n) is 11.5. The van der Waals surface area contributed by atoms with E-state index in [9.17, 15) is 0 Å². The van der Waals surface area contributed by atoms with E-state index in [4.69, 9.17) is 9.47 Å². The molecule has 0 bridgehead atoms. The molecule has 18 heavy (non-hydrogen) atoms. The van der Waals surface area contributed by atoms with Gasteiger partial charge in [0.15, 0.2) is 0 Å². The summed E-state index contributed by atoms with van der Waals surface area (Å²) in [6.45, 7) is 7.78. The monoisotopic (exact) mass is 315 g/mol. The molecule has 1 aromatic rings. The molecular weight excluding hydrogens is 294 g/mol. The van der Waals surface area contributed by atoms with Crippen LogP contribution < -0.4 is 10.1 Å². The van der Waals surface area contributed by atoms with Crippen LogP contribution in [-0.2, 0) is 4.74 Å². The average molecular weight is 316 g/mol. The van der Waals surface area contributed by atoms with E-state index in [1.807, 2.05) is 19.9 Å². The van der Waals surface area contributed by atoms with Gasteiger partial charge < -0.3 is 14.8 Å². The van der Waals surface area contributed by atoms with Crippen LogP contribution in [0, 0.1) is 0 Å². The van der Waals surface area contributed by atoms with Crippen LogP contribution in [0.4, 0.5) is 0 Å². The van der Waals surface area contributed by atoms with E-state index < -0.39 is 0 Å². The number of ether oxygens (including phenoxy) is 2. The molecule has 1 N–H and O–H groups in total. The Labute approximate surface area is 118 Å². The van der Waals surface area contributed by atoms with Crippen LogP contribution in [0.15, 0.2) is 22.7 Å². The summed E-state index contributed by atoms with van der Waals surface area (Å²) in [6.07, 6.45) is 0.243. The molecule has 3 nitrogen and oxygen atoms in total. The minimum atomic E-state index is 0.208. The number of hydrogen-bond donors (Lipinski definition) is 1. The molecule has 1 atom stereocenters. The van der Waals surface area contributed by atoms with Gasteiger partial charge in [-0.25, -0.2) is 0 Å². The first-order valence-electron chi connectivity index (χ1n) is 6.26. The minimum Gasteiger partial charge on any atom is -0.496 e. The van der Waals surface area contributed by atoms with Gasteiger partial charge in [-0.1, -0.05) is 13.0 Å².